The van der Waals surface area contributed by atoms with Crippen LogP contribution < -0.4 is 10.1 Å². The molecule has 0 heterocycles. The van der Waals surface area contributed by atoms with Crippen LogP contribution in [-0.2, 0) is 22.6 Å². The molecule has 202 valence electrons. The first-order chi connectivity index (χ1) is 18.1. The van der Waals surface area contributed by atoms with Crippen molar-refractivity contribution in [3.05, 3.63) is 98.0 Å². The smallest absolute Gasteiger partial charge is 0.261 e. The van der Waals surface area contributed by atoms with E-state index in [0.29, 0.717) is 32.8 Å². The molecule has 2 amide bonds. The average molecular weight is 576 g/mol. The largest absolute Gasteiger partial charge is 0.484 e. The third-order valence-corrected chi connectivity index (χ3v) is 7.58. The molecule has 0 aromatic heterocycles. The summed E-state index contributed by atoms with van der Waals surface area (Å²) in [6, 6.07) is 17.5. The lowest BCUT2D eigenvalue weighted by atomic mass is 10.0. The first kappa shape index (κ1) is 29.8. The van der Waals surface area contributed by atoms with Gasteiger partial charge < -0.3 is 15.0 Å². The summed E-state index contributed by atoms with van der Waals surface area (Å²) in [6.45, 7) is 7.56. The van der Waals surface area contributed by atoms with Crippen molar-refractivity contribution in [3.63, 3.8) is 0 Å². The molecule has 0 spiro atoms. The number of rotatable bonds is 11. The van der Waals surface area contributed by atoms with E-state index >= 15 is 0 Å². The minimum absolute atomic E-state index is 0.0480. The molecular formula is C30H33Cl3N2O3. The molecule has 3 rings (SSSR count). The van der Waals surface area contributed by atoms with Gasteiger partial charge in [-0.15, -0.1) is 0 Å². The van der Waals surface area contributed by atoms with Gasteiger partial charge in [0.25, 0.3) is 5.91 Å². The fourth-order valence-electron chi connectivity index (χ4n) is 4.05. The normalized spacial score (nSPS) is 12.5. The van der Waals surface area contributed by atoms with Crippen LogP contribution in [0.5, 0.6) is 5.75 Å². The van der Waals surface area contributed by atoms with E-state index in [1.165, 1.54) is 4.90 Å². The molecule has 8 heteroatoms. The molecule has 0 radical (unpaired) electrons. The summed E-state index contributed by atoms with van der Waals surface area (Å²) in [5.74, 6) is -0.0489. The molecule has 0 saturated heterocycles. The lowest BCUT2D eigenvalue weighted by Gasteiger charge is -2.32. The molecule has 0 saturated carbocycles. The Balaban J connectivity index is 1.96. The number of carbonyl (C=O) groups excluding carboxylic acids is 2. The summed E-state index contributed by atoms with van der Waals surface area (Å²) in [5.41, 5.74) is 3.32. The summed E-state index contributed by atoms with van der Waals surface area (Å²) < 4.78 is 5.90. The number of nitrogens with one attached hydrogen (secondary N) is 1. The number of halogens is 3. The molecule has 3 aromatic carbocycles. The third-order valence-electron chi connectivity index (χ3n) is 6.40. The highest BCUT2D eigenvalue weighted by Gasteiger charge is 2.31. The number of hydrogen-bond acceptors (Lipinski definition) is 3. The van der Waals surface area contributed by atoms with Crippen LogP contribution >= 0.6 is 34.8 Å². The molecule has 3 aromatic rings. The Morgan fingerprint density at radius 1 is 0.974 bits per heavy atom. The minimum Gasteiger partial charge on any atom is -0.484 e. The number of hydrogen-bond donors (Lipinski definition) is 1. The topological polar surface area (TPSA) is 58.6 Å². The summed E-state index contributed by atoms with van der Waals surface area (Å²) in [4.78, 5) is 28.9. The summed E-state index contributed by atoms with van der Waals surface area (Å²) in [6.07, 6.45) is 1.10. The fraction of sp³-hybridized carbons (Fsp3) is 0.333. The van der Waals surface area contributed by atoms with Gasteiger partial charge in [0, 0.05) is 34.1 Å². The molecule has 0 aliphatic carbocycles. The number of amides is 2. The first-order valence-electron chi connectivity index (χ1n) is 12.6. The van der Waals surface area contributed by atoms with Crippen molar-refractivity contribution in [3.8, 4) is 5.75 Å². The van der Waals surface area contributed by atoms with E-state index in [9.17, 15) is 9.59 Å². The van der Waals surface area contributed by atoms with E-state index in [0.717, 1.165) is 23.1 Å². The Morgan fingerprint density at radius 2 is 1.63 bits per heavy atom. The summed E-state index contributed by atoms with van der Waals surface area (Å²) >= 11 is 18.9. The van der Waals surface area contributed by atoms with Gasteiger partial charge in [-0.3, -0.25) is 9.59 Å². The predicted octanol–water partition coefficient (Wildman–Crippen LogP) is 7.20. The Bertz CT molecular complexity index is 1240. The zero-order chi connectivity index (χ0) is 27.8. The van der Waals surface area contributed by atoms with Crippen molar-refractivity contribution in [2.75, 3.05) is 6.61 Å². The molecule has 0 aliphatic rings. The van der Waals surface area contributed by atoms with E-state index in [-0.39, 0.29) is 31.0 Å². The maximum Gasteiger partial charge on any atom is 0.261 e. The van der Waals surface area contributed by atoms with Crippen molar-refractivity contribution in [1.82, 2.24) is 10.2 Å². The third kappa shape index (κ3) is 8.13. The summed E-state index contributed by atoms with van der Waals surface area (Å²) in [7, 11) is 0. The van der Waals surface area contributed by atoms with Gasteiger partial charge in [-0.05, 0) is 73.7 Å². The summed E-state index contributed by atoms with van der Waals surface area (Å²) in [5, 5.41) is 4.61. The molecule has 1 N–H and O–H groups in total. The van der Waals surface area contributed by atoms with E-state index in [4.69, 9.17) is 39.5 Å². The maximum atomic E-state index is 13.8. The van der Waals surface area contributed by atoms with Crippen LogP contribution in [0.25, 0.3) is 0 Å². The standard InChI is InChI=1S/C30H33Cl3N2O3/c1-5-21(4)34-30(37)27(15-22-9-7-6-8-10-22)35(17-23-11-12-24(31)16-26(23)32)28(36)18-38-25-13-19(2)29(33)20(3)14-25/h6-14,16,21,27H,5,15,17-18H2,1-4H3,(H,34,37)/t21-,27+/m0/s1. The van der Waals surface area contributed by atoms with E-state index in [1.54, 1.807) is 30.3 Å². The first-order valence-corrected chi connectivity index (χ1v) is 13.7. The fourth-order valence-corrected chi connectivity index (χ4v) is 4.62. The van der Waals surface area contributed by atoms with Crippen LogP contribution in [0.2, 0.25) is 15.1 Å². The number of nitrogens with zero attached hydrogens (tertiary/aromatic N) is 1. The van der Waals surface area contributed by atoms with Gasteiger partial charge in [0.05, 0.1) is 0 Å². The zero-order valence-corrected chi connectivity index (χ0v) is 24.3. The Kier molecular flexibility index (Phi) is 10.9. The van der Waals surface area contributed by atoms with Crippen LogP contribution in [0.4, 0.5) is 0 Å². The Labute approximate surface area is 240 Å². The van der Waals surface area contributed by atoms with Crippen LogP contribution in [0.1, 0.15) is 42.5 Å². The van der Waals surface area contributed by atoms with Crippen molar-refractivity contribution < 1.29 is 14.3 Å². The monoisotopic (exact) mass is 574 g/mol. The van der Waals surface area contributed by atoms with Gasteiger partial charge >= 0.3 is 0 Å². The predicted molar refractivity (Wildman–Crippen MR) is 155 cm³/mol. The number of benzene rings is 3. The Hall–Kier alpha value is -2.73. The van der Waals surface area contributed by atoms with Gasteiger partial charge in [-0.2, -0.15) is 0 Å². The van der Waals surface area contributed by atoms with Crippen molar-refractivity contribution in [1.29, 1.82) is 0 Å². The molecule has 0 fully saturated rings. The number of ether oxygens (including phenoxy) is 1. The lowest BCUT2D eigenvalue weighted by Crippen LogP contribution is -2.53. The number of aryl methyl sites for hydroxylation is 2. The highest BCUT2D eigenvalue weighted by molar-refractivity contribution is 6.35. The van der Waals surface area contributed by atoms with Crippen LogP contribution in [0.15, 0.2) is 60.7 Å². The van der Waals surface area contributed by atoms with Gasteiger partial charge in [-0.1, -0.05) is 78.1 Å². The molecular weight excluding hydrogens is 543 g/mol. The minimum atomic E-state index is -0.789. The van der Waals surface area contributed by atoms with Crippen LogP contribution in [0.3, 0.4) is 0 Å². The highest BCUT2D eigenvalue weighted by Crippen LogP contribution is 2.27. The average Bonchev–Trinajstić information content (AvgIpc) is 2.89. The SMILES string of the molecule is CC[C@H](C)NC(=O)[C@@H](Cc1ccccc1)N(Cc1ccc(Cl)cc1Cl)C(=O)COc1cc(C)c(Cl)c(C)c1. The van der Waals surface area contributed by atoms with Crippen molar-refractivity contribution >= 4 is 46.6 Å². The maximum absolute atomic E-state index is 13.8. The van der Waals surface area contributed by atoms with Crippen LogP contribution in [0, 0.1) is 13.8 Å². The lowest BCUT2D eigenvalue weighted by molar-refractivity contribution is -0.143. The van der Waals surface area contributed by atoms with Gasteiger partial charge in [0.1, 0.15) is 11.8 Å². The molecule has 5 nitrogen and oxygen atoms in total. The molecule has 0 unspecified atom stereocenters. The molecule has 2 atom stereocenters. The van der Waals surface area contributed by atoms with Crippen LogP contribution in [-0.4, -0.2) is 35.4 Å². The van der Waals surface area contributed by atoms with Crippen molar-refractivity contribution in [2.45, 2.75) is 59.2 Å². The van der Waals surface area contributed by atoms with E-state index < -0.39 is 6.04 Å². The molecule has 0 aliphatic heterocycles. The highest BCUT2D eigenvalue weighted by atomic mass is 35.5. The van der Waals surface area contributed by atoms with Gasteiger partial charge in [0.15, 0.2) is 6.61 Å². The second-order valence-electron chi connectivity index (χ2n) is 9.44. The molecule has 0 bridgehead atoms. The van der Waals surface area contributed by atoms with E-state index in [2.05, 4.69) is 5.32 Å². The Morgan fingerprint density at radius 3 is 2.24 bits per heavy atom. The van der Waals surface area contributed by atoms with Gasteiger partial charge in [0.2, 0.25) is 5.91 Å². The van der Waals surface area contributed by atoms with Gasteiger partial charge in [-0.25, -0.2) is 0 Å². The zero-order valence-electron chi connectivity index (χ0n) is 22.1. The van der Waals surface area contributed by atoms with Crippen molar-refractivity contribution in [2.24, 2.45) is 0 Å². The quantitative estimate of drug-likeness (QED) is 0.263. The second kappa shape index (κ2) is 13.9. The second-order valence-corrected chi connectivity index (χ2v) is 10.7. The number of carbonyl (C=O) groups is 2. The molecule has 38 heavy (non-hydrogen) atoms. The van der Waals surface area contributed by atoms with E-state index in [1.807, 2.05) is 58.0 Å².